The van der Waals surface area contributed by atoms with Crippen LogP contribution in [0.3, 0.4) is 0 Å². The SMILES string of the molecule is COCCOc1ncccc1NC(=O)c1cc(C(F)(F)F)cc(C(F)(F)F)c1. The molecule has 28 heavy (non-hydrogen) atoms. The van der Waals surface area contributed by atoms with Crippen LogP contribution in [0, 0.1) is 0 Å². The second-order valence-electron chi connectivity index (χ2n) is 5.45. The Morgan fingerprint density at radius 3 is 2.18 bits per heavy atom. The van der Waals surface area contributed by atoms with E-state index in [-0.39, 0.29) is 30.8 Å². The van der Waals surface area contributed by atoms with Crippen LogP contribution in [-0.4, -0.2) is 31.2 Å². The Labute approximate surface area is 155 Å². The van der Waals surface area contributed by atoms with Crippen LogP contribution in [0.4, 0.5) is 32.0 Å². The van der Waals surface area contributed by atoms with E-state index in [2.05, 4.69) is 10.3 Å². The van der Waals surface area contributed by atoms with Gasteiger partial charge in [-0.25, -0.2) is 4.98 Å². The number of amides is 1. The molecule has 0 aliphatic rings. The minimum absolute atomic E-state index is 0.0189. The van der Waals surface area contributed by atoms with Crippen LogP contribution in [-0.2, 0) is 17.1 Å². The van der Waals surface area contributed by atoms with E-state index in [0.717, 1.165) is 0 Å². The zero-order chi connectivity index (χ0) is 20.9. The van der Waals surface area contributed by atoms with E-state index in [1.807, 2.05) is 0 Å². The molecule has 5 nitrogen and oxygen atoms in total. The second kappa shape index (κ2) is 8.46. The second-order valence-corrected chi connectivity index (χ2v) is 5.45. The van der Waals surface area contributed by atoms with Gasteiger partial charge in [0.1, 0.15) is 12.3 Å². The molecular weight excluding hydrogens is 394 g/mol. The molecule has 1 amide bonds. The number of rotatable bonds is 6. The fourth-order valence-corrected chi connectivity index (χ4v) is 2.10. The normalized spacial score (nSPS) is 12.0. The fraction of sp³-hybridized carbons (Fsp3) is 0.294. The Bertz CT molecular complexity index is 804. The molecule has 1 heterocycles. The van der Waals surface area contributed by atoms with E-state index in [1.54, 1.807) is 0 Å². The van der Waals surface area contributed by atoms with Crippen LogP contribution in [0.25, 0.3) is 0 Å². The average molecular weight is 408 g/mol. The van der Waals surface area contributed by atoms with Gasteiger partial charge in [0, 0.05) is 18.9 Å². The highest BCUT2D eigenvalue weighted by molar-refractivity contribution is 6.05. The third-order valence-electron chi connectivity index (χ3n) is 3.40. The molecule has 1 aromatic carbocycles. The maximum atomic E-state index is 12.9. The quantitative estimate of drug-likeness (QED) is 0.569. The largest absolute Gasteiger partial charge is 0.474 e. The van der Waals surface area contributed by atoms with Gasteiger partial charge in [0.05, 0.1) is 17.7 Å². The number of nitrogens with one attached hydrogen (secondary N) is 1. The predicted octanol–water partition coefficient (Wildman–Crippen LogP) is 4.40. The van der Waals surface area contributed by atoms with Crippen molar-refractivity contribution >= 4 is 11.6 Å². The maximum Gasteiger partial charge on any atom is 0.416 e. The van der Waals surface area contributed by atoms with Crippen LogP contribution in [0.5, 0.6) is 5.88 Å². The van der Waals surface area contributed by atoms with Crippen molar-refractivity contribution in [1.82, 2.24) is 4.98 Å². The van der Waals surface area contributed by atoms with Gasteiger partial charge in [0.2, 0.25) is 5.88 Å². The highest BCUT2D eigenvalue weighted by Crippen LogP contribution is 2.36. The number of ether oxygens (including phenoxy) is 2. The number of halogens is 6. The van der Waals surface area contributed by atoms with Crippen LogP contribution >= 0.6 is 0 Å². The molecule has 0 aliphatic heterocycles. The van der Waals surface area contributed by atoms with Gasteiger partial charge in [-0.3, -0.25) is 4.79 Å². The number of pyridine rings is 1. The van der Waals surface area contributed by atoms with Crippen LogP contribution in [0.15, 0.2) is 36.5 Å². The number of methoxy groups -OCH3 is 1. The summed E-state index contributed by atoms with van der Waals surface area (Å²) in [4.78, 5) is 16.2. The predicted molar refractivity (Wildman–Crippen MR) is 86.0 cm³/mol. The first-order valence-electron chi connectivity index (χ1n) is 7.70. The molecule has 0 saturated carbocycles. The van der Waals surface area contributed by atoms with Crippen molar-refractivity contribution in [3.63, 3.8) is 0 Å². The molecule has 11 heteroatoms. The van der Waals surface area contributed by atoms with Gasteiger partial charge in [-0.1, -0.05) is 0 Å². The Kier molecular flexibility index (Phi) is 6.49. The number of anilines is 1. The van der Waals surface area contributed by atoms with Gasteiger partial charge in [-0.2, -0.15) is 26.3 Å². The number of hydrogen-bond donors (Lipinski definition) is 1. The Balaban J connectivity index is 2.34. The zero-order valence-corrected chi connectivity index (χ0v) is 14.3. The van der Waals surface area contributed by atoms with E-state index < -0.39 is 35.0 Å². The van der Waals surface area contributed by atoms with Crippen molar-refractivity contribution in [2.75, 3.05) is 25.6 Å². The highest BCUT2D eigenvalue weighted by atomic mass is 19.4. The monoisotopic (exact) mass is 408 g/mol. The molecular formula is C17H14F6N2O3. The standard InChI is InChI=1S/C17H14F6N2O3/c1-27-5-6-28-15-13(3-2-4-24-15)25-14(26)10-7-11(16(18,19)20)9-12(8-10)17(21,22)23/h2-4,7-9H,5-6H2,1H3,(H,25,26). The summed E-state index contributed by atoms with van der Waals surface area (Å²) in [5, 5.41) is 2.21. The number of hydrogen-bond acceptors (Lipinski definition) is 4. The van der Waals surface area contributed by atoms with Crippen LogP contribution in [0.2, 0.25) is 0 Å². The zero-order valence-electron chi connectivity index (χ0n) is 14.3. The maximum absolute atomic E-state index is 12.9. The van der Waals surface area contributed by atoms with Crippen molar-refractivity contribution in [3.05, 3.63) is 53.2 Å². The highest BCUT2D eigenvalue weighted by Gasteiger charge is 2.37. The first-order chi connectivity index (χ1) is 13.0. The van der Waals surface area contributed by atoms with Crippen molar-refractivity contribution in [3.8, 4) is 5.88 Å². The van der Waals surface area contributed by atoms with Gasteiger partial charge in [-0.15, -0.1) is 0 Å². The molecule has 0 spiro atoms. The van der Waals surface area contributed by atoms with Gasteiger partial charge in [0.25, 0.3) is 5.91 Å². The Hall–Kier alpha value is -2.82. The van der Waals surface area contributed by atoms with Crippen molar-refractivity contribution in [1.29, 1.82) is 0 Å². The molecule has 0 radical (unpaired) electrons. The number of benzene rings is 1. The molecule has 1 N–H and O–H groups in total. The minimum Gasteiger partial charge on any atom is -0.474 e. The number of aromatic nitrogens is 1. The van der Waals surface area contributed by atoms with Crippen molar-refractivity contribution in [2.45, 2.75) is 12.4 Å². The van der Waals surface area contributed by atoms with Gasteiger partial charge in [0.15, 0.2) is 0 Å². The van der Waals surface area contributed by atoms with E-state index in [0.29, 0.717) is 12.1 Å². The topological polar surface area (TPSA) is 60.5 Å². The van der Waals surface area contributed by atoms with E-state index in [1.165, 1.54) is 25.4 Å². The molecule has 2 rings (SSSR count). The van der Waals surface area contributed by atoms with Crippen LogP contribution in [0.1, 0.15) is 21.5 Å². The molecule has 0 fully saturated rings. The average Bonchev–Trinajstić information content (AvgIpc) is 2.61. The third kappa shape index (κ3) is 5.59. The lowest BCUT2D eigenvalue weighted by atomic mass is 10.0. The first-order valence-corrected chi connectivity index (χ1v) is 7.70. The van der Waals surface area contributed by atoms with Gasteiger partial charge >= 0.3 is 12.4 Å². The smallest absolute Gasteiger partial charge is 0.416 e. The summed E-state index contributed by atoms with van der Waals surface area (Å²) in [7, 11) is 1.43. The molecule has 0 aliphatic carbocycles. The third-order valence-corrected chi connectivity index (χ3v) is 3.40. The summed E-state index contributed by atoms with van der Waals surface area (Å²) < 4.78 is 87.6. The lowest BCUT2D eigenvalue weighted by Crippen LogP contribution is -2.18. The Morgan fingerprint density at radius 1 is 1.04 bits per heavy atom. The number of carbonyl (C=O) groups is 1. The summed E-state index contributed by atoms with van der Waals surface area (Å²) in [6.45, 7) is 0.269. The molecule has 0 unspecified atom stereocenters. The summed E-state index contributed by atoms with van der Waals surface area (Å²) in [6.07, 6.45) is -8.78. The van der Waals surface area contributed by atoms with Crippen molar-refractivity contribution < 1.29 is 40.6 Å². The summed E-state index contributed by atoms with van der Waals surface area (Å²) in [5.74, 6) is -1.24. The van der Waals surface area contributed by atoms with E-state index in [4.69, 9.17) is 9.47 Å². The summed E-state index contributed by atoms with van der Waals surface area (Å²) in [5.41, 5.74) is -4.01. The molecule has 0 saturated heterocycles. The molecule has 152 valence electrons. The Morgan fingerprint density at radius 2 is 1.64 bits per heavy atom. The van der Waals surface area contributed by atoms with E-state index >= 15 is 0 Å². The lowest BCUT2D eigenvalue weighted by Gasteiger charge is -2.15. The molecule has 0 atom stereocenters. The number of carbonyl (C=O) groups excluding carboxylic acids is 1. The fourth-order valence-electron chi connectivity index (χ4n) is 2.10. The van der Waals surface area contributed by atoms with Gasteiger partial charge < -0.3 is 14.8 Å². The molecule has 1 aromatic heterocycles. The first kappa shape index (κ1) is 21.5. The molecule has 2 aromatic rings. The summed E-state index contributed by atoms with van der Waals surface area (Å²) in [6, 6.07) is 3.37. The number of nitrogens with zero attached hydrogens (tertiary/aromatic N) is 1. The lowest BCUT2D eigenvalue weighted by molar-refractivity contribution is -0.143. The minimum atomic E-state index is -5.06. The number of alkyl halides is 6. The van der Waals surface area contributed by atoms with Crippen LogP contribution < -0.4 is 10.1 Å². The van der Waals surface area contributed by atoms with Gasteiger partial charge in [-0.05, 0) is 30.3 Å². The summed E-state index contributed by atoms with van der Waals surface area (Å²) >= 11 is 0. The van der Waals surface area contributed by atoms with E-state index in [9.17, 15) is 31.1 Å². The van der Waals surface area contributed by atoms with Crippen molar-refractivity contribution in [2.24, 2.45) is 0 Å². The molecule has 0 bridgehead atoms.